The lowest BCUT2D eigenvalue weighted by Crippen LogP contribution is -2.41. The van der Waals surface area contributed by atoms with Gasteiger partial charge in [0.25, 0.3) is 0 Å². The minimum Gasteiger partial charge on any atom is -0.481 e. The number of aliphatic carboxylic acids is 1. The van der Waals surface area contributed by atoms with E-state index in [2.05, 4.69) is 16.9 Å². The third-order valence-electron chi connectivity index (χ3n) is 4.37. The fourth-order valence-electron chi connectivity index (χ4n) is 3.12. The van der Waals surface area contributed by atoms with E-state index in [0.29, 0.717) is 0 Å². The third-order valence-corrected chi connectivity index (χ3v) is 4.37. The highest BCUT2D eigenvalue weighted by molar-refractivity contribution is 5.70. The lowest BCUT2D eigenvalue weighted by atomic mass is 9.93. The van der Waals surface area contributed by atoms with E-state index in [1.165, 1.54) is 12.0 Å². The fraction of sp³-hybridized carbons (Fsp3) is 0.625. The van der Waals surface area contributed by atoms with Crippen molar-refractivity contribution in [2.24, 2.45) is 5.92 Å². The van der Waals surface area contributed by atoms with Gasteiger partial charge in [-0.05, 0) is 44.0 Å². The summed E-state index contributed by atoms with van der Waals surface area (Å²) in [6.07, 6.45) is 9.74. The molecular formula is C16H24N2O2. The summed E-state index contributed by atoms with van der Waals surface area (Å²) in [5.74, 6) is -0.840. The number of nitrogens with zero attached hydrogens (tertiary/aromatic N) is 2. The van der Waals surface area contributed by atoms with Crippen molar-refractivity contribution in [1.82, 2.24) is 9.88 Å². The maximum absolute atomic E-state index is 11.5. The molecule has 1 fully saturated rings. The van der Waals surface area contributed by atoms with Gasteiger partial charge < -0.3 is 10.0 Å². The quantitative estimate of drug-likeness (QED) is 0.840. The van der Waals surface area contributed by atoms with Crippen LogP contribution in [0.5, 0.6) is 0 Å². The molecule has 20 heavy (non-hydrogen) atoms. The molecule has 1 heterocycles. The Morgan fingerprint density at radius 2 is 2.00 bits per heavy atom. The van der Waals surface area contributed by atoms with Crippen molar-refractivity contribution in [2.45, 2.75) is 44.6 Å². The Labute approximate surface area is 120 Å². The van der Waals surface area contributed by atoms with Gasteiger partial charge >= 0.3 is 5.97 Å². The molecule has 0 aliphatic heterocycles. The molecule has 2 rings (SSSR count). The van der Waals surface area contributed by atoms with E-state index in [4.69, 9.17) is 0 Å². The first-order valence-corrected chi connectivity index (χ1v) is 7.50. The molecule has 1 aromatic heterocycles. The van der Waals surface area contributed by atoms with Crippen molar-refractivity contribution in [1.29, 1.82) is 0 Å². The van der Waals surface area contributed by atoms with Crippen molar-refractivity contribution in [3.05, 3.63) is 30.1 Å². The van der Waals surface area contributed by atoms with E-state index in [-0.39, 0.29) is 12.0 Å². The molecule has 0 radical (unpaired) electrons. The average molecular weight is 276 g/mol. The Morgan fingerprint density at radius 3 is 2.70 bits per heavy atom. The van der Waals surface area contributed by atoms with E-state index < -0.39 is 5.97 Å². The zero-order chi connectivity index (χ0) is 14.4. The second kappa shape index (κ2) is 7.39. The molecule has 0 amide bonds. The molecule has 0 aromatic carbocycles. The molecule has 110 valence electrons. The number of likely N-dealkylation sites (N-methyl/N-ethyl adjacent to an activating group) is 1. The minimum absolute atomic E-state index is 0.178. The maximum Gasteiger partial charge on any atom is 0.308 e. The highest BCUT2D eigenvalue weighted by Crippen LogP contribution is 2.27. The average Bonchev–Trinajstić information content (AvgIpc) is 2.71. The van der Waals surface area contributed by atoms with Crippen LogP contribution in [0.1, 0.15) is 37.7 Å². The van der Waals surface area contributed by atoms with Crippen molar-refractivity contribution < 1.29 is 9.90 Å². The van der Waals surface area contributed by atoms with Crippen molar-refractivity contribution in [3.63, 3.8) is 0 Å². The predicted octanol–water partition coefficient (Wildman–Crippen LogP) is 2.59. The number of hydrogen-bond donors (Lipinski definition) is 1. The van der Waals surface area contributed by atoms with E-state index in [1.54, 1.807) is 12.4 Å². The van der Waals surface area contributed by atoms with Crippen LogP contribution in [0, 0.1) is 5.92 Å². The van der Waals surface area contributed by atoms with Gasteiger partial charge in [-0.1, -0.05) is 19.3 Å². The summed E-state index contributed by atoms with van der Waals surface area (Å²) in [5.41, 5.74) is 1.26. The Bertz CT molecular complexity index is 422. The zero-order valence-corrected chi connectivity index (χ0v) is 12.2. The normalized spacial score (nSPS) is 23.5. The van der Waals surface area contributed by atoms with Crippen LogP contribution in [0.15, 0.2) is 24.5 Å². The van der Waals surface area contributed by atoms with Crippen LogP contribution in [0.4, 0.5) is 0 Å². The van der Waals surface area contributed by atoms with Crippen LogP contribution < -0.4 is 0 Å². The molecule has 1 saturated carbocycles. The summed E-state index contributed by atoms with van der Waals surface area (Å²) >= 11 is 0. The van der Waals surface area contributed by atoms with Gasteiger partial charge in [0, 0.05) is 25.0 Å². The molecule has 0 bridgehead atoms. The number of hydrogen-bond acceptors (Lipinski definition) is 3. The summed E-state index contributed by atoms with van der Waals surface area (Å²) in [7, 11) is 2.06. The monoisotopic (exact) mass is 276 g/mol. The van der Waals surface area contributed by atoms with Gasteiger partial charge in [0.15, 0.2) is 0 Å². The molecule has 0 saturated heterocycles. The second-order valence-corrected chi connectivity index (χ2v) is 5.74. The van der Waals surface area contributed by atoms with Crippen LogP contribution in [0.25, 0.3) is 0 Å². The lowest BCUT2D eigenvalue weighted by molar-refractivity contribution is -0.144. The number of pyridine rings is 1. The first kappa shape index (κ1) is 15.0. The van der Waals surface area contributed by atoms with Gasteiger partial charge in [0.1, 0.15) is 0 Å². The van der Waals surface area contributed by atoms with Crippen LogP contribution in [-0.2, 0) is 11.2 Å². The number of carboxylic acid groups (broad SMARTS) is 1. The van der Waals surface area contributed by atoms with Gasteiger partial charge in [-0.15, -0.1) is 0 Å². The standard InChI is InChI=1S/C16H24N2O2/c1-18(12-9-13-7-10-17-11-8-13)15-6-4-2-3-5-14(15)16(19)20/h7-8,10-11,14-15H,2-6,9,12H2,1H3,(H,19,20). The Hall–Kier alpha value is -1.42. The molecule has 4 heteroatoms. The maximum atomic E-state index is 11.5. The Kier molecular flexibility index (Phi) is 5.53. The van der Waals surface area contributed by atoms with E-state index in [9.17, 15) is 9.90 Å². The first-order valence-electron chi connectivity index (χ1n) is 7.50. The molecule has 2 atom stereocenters. The summed E-state index contributed by atoms with van der Waals surface area (Å²) < 4.78 is 0. The molecule has 1 aromatic rings. The fourth-order valence-corrected chi connectivity index (χ4v) is 3.12. The van der Waals surface area contributed by atoms with Gasteiger partial charge in [0.2, 0.25) is 0 Å². The molecule has 2 unspecified atom stereocenters. The molecule has 0 spiro atoms. The predicted molar refractivity (Wildman–Crippen MR) is 78.6 cm³/mol. The summed E-state index contributed by atoms with van der Waals surface area (Å²) in [4.78, 5) is 17.7. The second-order valence-electron chi connectivity index (χ2n) is 5.74. The summed E-state index contributed by atoms with van der Waals surface area (Å²) in [6.45, 7) is 0.901. The topological polar surface area (TPSA) is 53.4 Å². The lowest BCUT2D eigenvalue weighted by Gasteiger charge is -2.31. The molecule has 1 aliphatic rings. The number of aromatic nitrogens is 1. The van der Waals surface area contributed by atoms with Crippen LogP contribution >= 0.6 is 0 Å². The number of rotatable bonds is 5. The van der Waals surface area contributed by atoms with Crippen molar-refractivity contribution >= 4 is 5.97 Å². The summed E-state index contributed by atoms with van der Waals surface area (Å²) in [6, 6.07) is 4.22. The first-order chi connectivity index (χ1) is 9.68. The van der Waals surface area contributed by atoms with Crippen molar-refractivity contribution in [3.8, 4) is 0 Å². The Morgan fingerprint density at radius 1 is 1.30 bits per heavy atom. The van der Waals surface area contributed by atoms with Gasteiger partial charge in [-0.25, -0.2) is 0 Å². The SMILES string of the molecule is CN(CCc1ccncc1)C1CCCCCC1C(=O)O. The smallest absolute Gasteiger partial charge is 0.308 e. The number of carboxylic acids is 1. The molecule has 1 N–H and O–H groups in total. The van der Waals surface area contributed by atoms with Crippen LogP contribution in [0.2, 0.25) is 0 Å². The molecule has 4 nitrogen and oxygen atoms in total. The van der Waals surface area contributed by atoms with Crippen LogP contribution in [0.3, 0.4) is 0 Å². The molecular weight excluding hydrogens is 252 g/mol. The van der Waals surface area contributed by atoms with Crippen LogP contribution in [-0.4, -0.2) is 40.6 Å². The van der Waals surface area contributed by atoms with Gasteiger partial charge in [0.05, 0.1) is 5.92 Å². The highest BCUT2D eigenvalue weighted by Gasteiger charge is 2.31. The zero-order valence-electron chi connectivity index (χ0n) is 12.2. The van der Waals surface area contributed by atoms with Gasteiger partial charge in [-0.2, -0.15) is 0 Å². The van der Waals surface area contributed by atoms with Crippen molar-refractivity contribution in [2.75, 3.05) is 13.6 Å². The minimum atomic E-state index is -0.632. The largest absolute Gasteiger partial charge is 0.481 e. The third kappa shape index (κ3) is 4.04. The number of carbonyl (C=O) groups is 1. The van der Waals surface area contributed by atoms with E-state index >= 15 is 0 Å². The highest BCUT2D eigenvalue weighted by atomic mass is 16.4. The van der Waals surface area contributed by atoms with E-state index in [1.807, 2.05) is 12.1 Å². The summed E-state index contributed by atoms with van der Waals surface area (Å²) in [5, 5.41) is 9.43. The van der Waals surface area contributed by atoms with E-state index in [0.717, 1.165) is 38.6 Å². The van der Waals surface area contributed by atoms with Gasteiger partial charge in [-0.3, -0.25) is 9.78 Å². The Balaban J connectivity index is 1.94. The molecule has 1 aliphatic carbocycles.